The lowest BCUT2D eigenvalue weighted by Gasteiger charge is -2.21. The third-order valence-corrected chi connectivity index (χ3v) is 2.40. The van der Waals surface area contributed by atoms with E-state index in [1.807, 2.05) is 6.92 Å². The van der Waals surface area contributed by atoms with Crippen LogP contribution in [-0.2, 0) is 0 Å². The Labute approximate surface area is 89.4 Å². The first kappa shape index (κ1) is 13.2. The van der Waals surface area contributed by atoms with Gasteiger partial charge in [-0.3, -0.25) is 0 Å². The molecule has 0 rings (SSSR count). The van der Waals surface area contributed by atoms with Crippen molar-refractivity contribution in [1.82, 2.24) is 0 Å². The van der Waals surface area contributed by atoms with Crippen LogP contribution in [0.5, 0.6) is 0 Å². The summed E-state index contributed by atoms with van der Waals surface area (Å²) in [6, 6.07) is 0. The van der Waals surface area contributed by atoms with Gasteiger partial charge >= 0.3 is 0 Å². The third kappa shape index (κ3) is 5.80. The van der Waals surface area contributed by atoms with Crippen molar-refractivity contribution < 1.29 is 0 Å². The van der Waals surface area contributed by atoms with Crippen LogP contribution in [0.4, 0.5) is 0 Å². The molecule has 0 spiro atoms. The first-order valence-corrected chi connectivity index (χ1v) is 5.63. The molecule has 0 aromatic heterocycles. The average Bonchev–Trinajstić information content (AvgIpc) is 2.16. The lowest BCUT2D eigenvalue weighted by molar-refractivity contribution is 0.474. The minimum atomic E-state index is 0.240. The second kappa shape index (κ2) is 7.61. The Morgan fingerprint density at radius 1 is 1.00 bits per heavy atom. The molecular formula is C14H24. The predicted molar refractivity (Wildman–Crippen MR) is 66.4 cm³/mol. The van der Waals surface area contributed by atoms with Crippen LogP contribution in [0.2, 0.25) is 0 Å². The van der Waals surface area contributed by atoms with Gasteiger partial charge in [-0.25, -0.2) is 0 Å². The van der Waals surface area contributed by atoms with Gasteiger partial charge in [0.05, 0.1) is 0 Å². The van der Waals surface area contributed by atoms with Crippen molar-refractivity contribution in [2.75, 3.05) is 0 Å². The van der Waals surface area contributed by atoms with Crippen LogP contribution in [-0.4, -0.2) is 0 Å². The molecule has 1 unspecified atom stereocenters. The Balaban J connectivity index is 4.37. The zero-order chi connectivity index (χ0) is 10.9. The van der Waals surface area contributed by atoms with E-state index in [4.69, 9.17) is 0 Å². The molecule has 0 aliphatic rings. The normalized spacial score (nSPS) is 17.1. The quantitative estimate of drug-likeness (QED) is 0.415. The molecule has 0 saturated carbocycles. The van der Waals surface area contributed by atoms with Crippen molar-refractivity contribution in [3.05, 3.63) is 36.5 Å². The van der Waals surface area contributed by atoms with Gasteiger partial charge in [0.2, 0.25) is 0 Å². The van der Waals surface area contributed by atoms with Crippen LogP contribution in [0.25, 0.3) is 0 Å². The first-order chi connectivity index (χ1) is 6.68. The number of hydrogen-bond acceptors (Lipinski definition) is 0. The smallest absolute Gasteiger partial charge is 0.00357 e. The molecule has 0 heteroatoms. The summed E-state index contributed by atoms with van der Waals surface area (Å²) in [5.74, 6) is 0. The van der Waals surface area contributed by atoms with Gasteiger partial charge in [0.25, 0.3) is 0 Å². The monoisotopic (exact) mass is 192 g/mol. The van der Waals surface area contributed by atoms with Crippen molar-refractivity contribution in [1.29, 1.82) is 0 Å². The van der Waals surface area contributed by atoms with Gasteiger partial charge in [-0.2, -0.15) is 0 Å². The zero-order valence-electron chi connectivity index (χ0n) is 10.1. The Morgan fingerprint density at radius 3 is 2.21 bits per heavy atom. The summed E-state index contributed by atoms with van der Waals surface area (Å²) in [7, 11) is 0. The van der Waals surface area contributed by atoms with Crippen LogP contribution in [0.1, 0.15) is 47.0 Å². The fourth-order valence-electron chi connectivity index (χ4n) is 1.55. The molecule has 0 aliphatic carbocycles. The second-order valence-electron chi connectivity index (χ2n) is 3.99. The van der Waals surface area contributed by atoms with E-state index < -0.39 is 0 Å². The van der Waals surface area contributed by atoms with E-state index >= 15 is 0 Å². The van der Waals surface area contributed by atoms with Gasteiger partial charge in [0.15, 0.2) is 0 Å². The standard InChI is InChI=1S/C14H24/c1-5-8-10-13-14(4,11-7-3)12-9-6-2/h5,7-8,10-11,13H,6,9,12H2,1-4H3. The van der Waals surface area contributed by atoms with Gasteiger partial charge in [-0.15, -0.1) is 0 Å². The maximum absolute atomic E-state index is 2.29. The van der Waals surface area contributed by atoms with Gasteiger partial charge in [0, 0.05) is 5.41 Å². The molecule has 0 saturated heterocycles. The van der Waals surface area contributed by atoms with Gasteiger partial charge in [-0.1, -0.05) is 63.1 Å². The van der Waals surface area contributed by atoms with E-state index in [1.54, 1.807) is 0 Å². The average molecular weight is 192 g/mol. The highest BCUT2D eigenvalue weighted by atomic mass is 14.2. The van der Waals surface area contributed by atoms with E-state index in [0.29, 0.717) is 0 Å². The van der Waals surface area contributed by atoms with Crippen molar-refractivity contribution in [2.45, 2.75) is 47.0 Å². The summed E-state index contributed by atoms with van der Waals surface area (Å²) < 4.78 is 0. The van der Waals surface area contributed by atoms with Crippen LogP contribution in [0.15, 0.2) is 36.5 Å². The molecule has 14 heavy (non-hydrogen) atoms. The SMILES string of the molecule is CC=CC=CC(C)(C=CC)CCCC. The van der Waals surface area contributed by atoms with Crippen LogP contribution in [0, 0.1) is 5.41 Å². The highest BCUT2D eigenvalue weighted by Gasteiger charge is 2.14. The third-order valence-electron chi connectivity index (χ3n) is 2.40. The largest absolute Gasteiger partial charge is 0.0908 e. The minimum absolute atomic E-state index is 0.240. The summed E-state index contributed by atoms with van der Waals surface area (Å²) in [4.78, 5) is 0. The molecule has 0 amide bonds. The lowest BCUT2D eigenvalue weighted by Crippen LogP contribution is -2.08. The Kier molecular flexibility index (Phi) is 7.18. The van der Waals surface area contributed by atoms with Gasteiger partial charge < -0.3 is 0 Å². The molecule has 80 valence electrons. The number of hydrogen-bond donors (Lipinski definition) is 0. The number of unbranched alkanes of at least 4 members (excludes halogenated alkanes) is 1. The topological polar surface area (TPSA) is 0 Å². The molecule has 0 fully saturated rings. The Hall–Kier alpha value is -0.780. The molecule has 0 nitrogen and oxygen atoms in total. The van der Waals surface area contributed by atoms with Crippen molar-refractivity contribution >= 4 is 0 Å². The van der Waals surface area contributed by atoms with Crippen LogP contribution in [0.3, 0.4) is 0 Å². The summed E-state index contributed by atoms with van der Waals surface area (Å²) in [5.41, 5.74) is 0.240. The fourth-order valence-corrected chi connectivity index (χ4v) is 1.55. The predicted octanol–water partition coefficient (Wildman–Crippen LogP) is 4.89. The van der Waals surface area contributed by atoms with Gasteiger partial charge in [0.1, 0.15) is 0 Å². The fraction of sp³-hybridized carbons (Fsp3) is 0.571. The summed E-state index contributed by atoms with van der Waals surface area (Å²) in [6.07, 6.45) is 16.8. The van der Waals surface area contributed by atoms with Crippen LogP contribution < -0.4 is 0 Å². The Morgan fingerprint density at radius 2 is 1.71 bits per heavy atom. The van der Waals surface area contributed by atoms with Crippen LogP contribution >= 0.6 is 0 Å². The number of rotatable bonds is 6. The first-order valence-electron chi connectivity index (χ1n) is 5.63. The summed E-state index contributed by atoms with van der Waals surface area (Å²) in [5, 5.41) is 0. The highest BCUT2D eigenvalue weighted by Crippen LogP contribution is 2.27. The van der Waals surface area contributed by atoms with E-state index in [1.165, 1.54) is 19.3 Å². The lowest BCUT2D eigenvalue weighted by atomic mass is 9.84. The van der Waals surface area contributed by atoms with Crippen molar-refractivity contribution in [2.24, 2.45) is 5.41 Å². The second-order valence-corrected chi connectivity index (χ2v) is 3.99. The molecule has 0 heterocycles. The molecule has 0 aliphatic heterocycles. The molecule has 0 aromatic carbocycles. The minimum Gasteiger partial charge on any atom is -0.0908 e. The molecular weight excluding hydrogens is 168 g/mol. The summed E-state index contributed by atoms with van der Waals surface area (Å²) >= 11 is 0. The van der Waals surface area contributed by atoms with Crippen molar-refractivity contribution in [3.63, 3.8) is 0 Å². The van der Waals surface area contributed by atoms with E-state index in [-0.39, 0.29) is 5.41 Å². The van der Waals surface area contributed by atoms with E-state index in [0.717, 1.165) is 0 Å². The molecule has 0 N–H and O–H groups in total. The van der Waals surface area contributed by atoms with Crippen molar-refractivity contribution in [3.8, 4) is 0 Å². The molecule has 0 radical (unpaired) electrons. The van der Waals surface area contributed by atoms with E-state index in [2.05, 4.69) is 57.2 Å². The Bertz CT molecular complexity index is 208. The maximum atomic E-state index is 2.29. The maximum Gasteiger partial charge on any atom is 0.00357 e. The zero-order valence-corrected chi connectivity index (χ0v) is 10.1. The molecule has 0 aromatic rings. The van der Waals surface area contributed by atoms with E-state index in [9.17, 15) is 0 Å². The molecule has 1 atom stereocenters. The highest BCUT2D eigenvalue weighted by molar-refractivity contribution is 5.13. The number of allylic oxidation sites excluding steroid dienone is 6. The molecule has 0 bridgehead atoms. The summed E-state index contributed by atoms with van der Waals surface area (Å²) in [6.45, 7) is 8.67. The van der Waals surface area contributed by atoms with Gasteiger partial charge in [-0.05, 0) is 20.3 Å².